The molecule has 12 heteroatoms. The van der Waals surface area contributed by atoms with Crippen LogP contribution in [0.3, 0.4) is 0 Å². The molecule has 0 aromatic carbocycles. The summed E-state index contributed by atoms with van der Waals surface area (Å²) < 4.78 is 44.6. The van der Waals surface area contributed by atoms with Gasteiger partial charge in [0.05, 0.1) is 0 Å². The van der Waals surface area contributed by atoms with Gasteiger partial charge in [0, 0.05) is 34.5 Å². The maximum atomic E-state index is 5.96. The van der Waals surface area contributed by atoms with Gasteiger partial charge >= 0.3 is 37.4 Å². The second-order valence-corrected chi connectivity index (χ2v) is 13.6. The van der Waals surface area contributed by atoms with Gasteiger partial charge < -0.3 is 34.2 Å². The quantitative estimate of drug-likeness (QED) is 0.565. The van der Waals surface area contributed by atoms with E-state index in [0.717, 1.165) is 12.8 Å². The summed E-state index contributed by atoms with van der Waals surface area (Å²) in [5.41, 5.74) is 0. The van der Waals surface area contributed by atoms with E-state index in [0.29, 0.717) is 6.04 Å². The molecular formula is C8H24O8Si4. The van der Waals surface area contributed by atoms with Crippen LogP contribution in [0.2, 0.25) is 6.04 Å². The molecule has 1 rings (SSSR count). The standard InChI is InChI=1S/C8H24O8Si4/c1-6-7-8-20(12-5)15-18(10-3)13-17(9-2)14-19(11-4)16-20/h17-19H,6-8H2,1-5H3. The van der Waals surface area contributed by atoms with Crippen molar-refractivity contribution in [2.45, 2.75) is 25.8 Å². The van der Waals surface area contributed by atoms with Crippen molar-refractivity contribution >= 4 is 37.4 Å². The third-order valence-electron chi connectivity index (χ3n) is 2.72. The zero-order chi connectivity index (χ0) is 15.0. The first kappa shape index (κ1) is 18.6. The molecule has 1 aliphatic rings. The van der Waals surface area contributed by atoms with E-state index < -0.39 is 37.4 Å². The van der Waals surface area contributed by atoms with Gasteiger partial charge in [-0.3, -0.25) is 0 Å². The van der Waals surface area contributed by atoms with E-state index in [1.165, 1.54) is 7.11 Å². The minimum Gasteiger partial charge on any atom is -0.380 e. The highest BCUT2D eigenvalue weighted by molar-refractivity contribution is 6.76. The highest BCUT2D eigenvalue weighted by atomic mass is 28.5. The first-order chi connectivity index (χ1) is 9.62. The first-order valence-corrected chi connectivity index (χ1v) is 12.6. The molecule has 2 unspecified atom stereocenters. The average Bonchev–Trinajstić information content (AvgIpc) is 2.47. The predicted molar refractivity (Wildman–Crippen MR) is 79.3 cm³/mol. The predicted octanol–water partition coefficient (Wildman–Crippen LogP) is -0.457. The van der Waals surface area contributed by atoms with Crippen LogP contribution in [0.1, 0.15) is 19.8 Å². The topological polar surface area (TPSA) is 73.8 Å². The average molecular weight is 361 g/mol. The first-order valence-electron chi connectivity index (χ1n) is 6.43. The smallest absolute Gasteiger partial charge is 0.380 e. The molecule has 1 saturated heterocycles. The van der Waals surface area contributed by atoms with E-state index in [-0.39, 0.29) is 0 Å². The normalized spacial score (nSPS) is 35.5. The van der Waals surface area contributed by atoms with Gasteiger partial charge in [-0.25, -0.2) is 0 Å². The van der Waals surface area contributed by atoms with Crippen molar-refractivity contribution in [1.29, 1.82) is 0 Å². The van der Waals surface area contributed by atoms with Crippen LogP contribution >= 0.6 is 0 Å². The minimum atomic E-state index is -2.88. The Morgan fingerprint density at radius 3 is 1.70 bits per heavy atom. The lowest BCUT2D eigenvalue weighted by Gasteiger charge is -2.36. The molecule has 0 aromatic rings. The molecule has 0 aromatic heterocycles. The lowest BCUT2D eigenvalue weighted by Crippen LogP contribution is -2.59. The van der Waals surface area contributed by atoms with E-state index in [2.05, 4.69) is 6.92 Å². The monoisotopic (exact) mass is 360 g/mol. The fourth-order valence-electron chi connectivity index (χ4n) is 1.62. The molecule has 0 spiro atoms. The van der Waals surface area contributed by atoms with Gasteiger partial charge in [0.1, 0.15) is 0 Å². The molecule has 20 heavy (non-hydrogen) atoms. The van der Waals surface area contributed by atoms with Gasteiger partial charge in [-0.05, 0) is 6.42 Å². The molecule has 1 aliphatic heterocycles. The van der Waals surface area contributed by atoms with E-state index in [1.54, 1.807) is 21.3 Å². The second-order valence-electron chi connectivity index (χ2n) is 4.07. The van der Waals surface area contributed by atoms with E-state index >= 15 is 0 Å². The van der Waals surface area contributed by atoms with Crippen LogP contribution in [-0.4, -0.2) is 65.8 Å². The van der Waals surface area contributed by atoms with Gasteiger partial charge in [-0.15, -0.1) is 0 Å². The molecule has 0 saturated carbocycles. The van der Waals surface area contributed by atoms with Crippen molar-refractivity contribution < 1.29 is 34.2 Å². The van der Waals surface area contributed by atoms with Crippen molar-refractivity contribution in [3.63, 3.8) is 0 Å². The summed E-state index contributed by atoms with van der Waals surface area (Å²) in [5, 5.41) is 0. The largest absolute Gasteiger partial charge is 0.485 e. The molecule has 0 N–H and O–H groups in total. The van der Waals surface area contributed by atoms with Crippen LogP contribution in [0.15, 0.2) is 0 Å². The molecule has 0 amide bonds. The molecule has 120 valence electrons. The third kappa shape index (κ3) is 5.39. The summed E-state index contributed by atoms with van der Waals surface area (Å²) in [6.45, 7) is 2.10. The summed E-state index contributed by atoms with van der Waals surface area (Å²) in [6, 6.07) is 0.686. The highest BCUT2D eigenvalue weighted by Crippen LogP contribution is 2.23. The Labute approximate surface area is 126 Å². The van der Waals surface area contributed by atoms with Crippen molar-refractivity contribution in [1.82, 2.24) is 0 Å². The summed E-state index contributed by atoms with van der Waals surface area (Å²) in [7, 11) is -3.80. The Kier molecular flexibility index (Phi) is 8.87. The summed E-state index contributed by atoms with van der Waals surface area (Å²) >= 11 is 0. The Balaban J connectivity index is 2.86. The van der Waals surface area contributed by atoms with Crippen molar-refractivity contribution in [2.24, 2.45) is 0 Å². The summed E-state index contributed by atoms with van der Waals surface area (Å²) in [6.07, 6.45) is 1.95. The minimum absolute atomic E-state index is 0.686. The molecule has 1 fully saturated rings. The molecule has 0 radical (unpaired) electrons. The Morgan fingerprint density at radius 2 is 1.35 bits per heavy atom. The van der Waals surface area contributed by atoms with Crippen LogP contribution in [0, 0.1) is 0 Å². The van der Waals surface area contributed by atoms with Gasteiger partial charge in [0.25, 0.3) is 0 Å². The number of hydrogen-bond acceptors (Lipinski definition) is 8. The third-order valence-corrected chi connectivity index (χ3v) is 13.4. The van der Waals surface area contributed by atoms with Crippen LogP contribution in [-0.2, 0) is 34.2 Å². The molecule has 2 atom stereocenters. The van der Waals surface area contributed by atoms with Crippen molar-refractivity contribution in [3.05, 3.63) is 0 Å². The van der Waals surface area contributed by atoms with Crippen LogP contribution in [0.25, 0.3) is 0 Å². The fourth-order valence-corrected chi connectivity index (χ4v) is 13.7. The molecule has 0 bridgehead atoms. The van der Waals surface area contributed by atoms with Gasteiger partial charge in [-0.2, -0.15) is 0 Å². The summed E-state index contributed by atoms with van der Waals surface area (Å²) in [5.74, 6) is 0. The molecule has 1 heterocycles. The second kappa shape index (κ2) is 9.54. The zero-order valence-corrected chi connectivity index (χ0v) is 17.1. The molecular weight excluding hydrogens is 336 g/mol. The maximum Gasteiger partial charge on any atom is 0.485 e. The van der Waals surface area contributed by atoms with Crippen LogP contribution in [0.5, 0.6) is 0 Å². The van der Waals surface area contributed by atoms with E-state index in [1.807, 2.05) is 0 Å². The number of unbranched alkanes of at least 4 members (excludes halogenated alkanes) is 1. The lowest BCUT2D eigenvalue weighted by atomic mass is 10.4. The van der Waals surface area contributed by atoms with Crippen LogP contribution in [0.4, 0.5) is 0 Å². The molecule has 8 nitrogen and oxygen atoms in total. The van der Waals surface area contributed by atoms with E-state index in [4.69, 9.17) is 34.2 Å². The Morgan fingerprint density at radius 1 is 0.850 bits per heavy atom. The van der Waals surface area contributed by atoms with Gasteiger partial charge in [0.15, 0.2) is 0 Å². The number of hydrogen-bond donors (Lipinski definition) is 0. The van der Waals surface area contributed by atoms with Crippen molar-refractivity contribution in [3.8, 4) is 0 Å². The molecule has 0 aliphatic carbocycles. The van der Waals surface area contributed by atoms with Gasteiger partial charge in [-0.1, -0.05) is 13.3 Å². The highest BCUT2D eigenvalue weighted by Gasteiger charge is 2.49. The summed E-state index contributed by atoms with van der Waals surface area (Å²) in [4.78, 5) is 0. The van der Waals surface area contributed by atoms with Crippen LogP contribution < -0.4 is 0 Å². The lowest BCUT2D eigenvalue weighted by molar-refractivity contribution is 0.0790. The maximum absolute atomic E-state index is 5.96. The Hall–Kier alpha value is 0.548. The fraction of sp³-hybridized carbons (Fsp3) is 1.00. The zero-order valence-electron chi connectivity index (χ0n) is 12.6. The van der Waals surface area contributed by atoms with Gasteiger partial charge in [0.2, 0.25) is 0 Å². The Bertz CT molecular complexity index is 257. The van der Waals surface area contributed by atoms with E-state index in [9.17, 15) is 0 Å². The number of rotatable bonds is 7. The van der Waals surface area contributed by atoms with Crippen molar-refractivity contribution in [2.75, 3.05) is 28.4 Å². The SMILES string of the molecule is CCCC[Si]1(OC)O[SiH](OC)O[SiH](OC)O[SiH](OC)O1.